The van der Waals surface area contributed by atoms with Gasteiger partial charge in [0.05, 0.1) is 23.6 Å². The van der Waals surface area contributed by atoms with Gasteiger partial charge in [-0.25, -0.2) is 4.79 Å². The molecule has 42 heavy (non-hydrogen) atoms. The molecule has 0 unspecified atom stereocenters. The minimum absolute atomic E-state index is 0.0203. The number of alkyl halides is 6. The van der Waals surface area contributed by atoms with Crippen molar-refractivity contribution in [3.63, 3.8) is 0 Å². The van der Waals surface area contributed by atoms with Crippen molar-refractivity contribution in [2.24, 2.45) is 0 Å². The van der Waals surface area contributed by atoms with Gasteiger partial charge in [0.2, 0.25) is 0 Å². The first-order valence-electron chi connectivity index (χ1n) is 13.1. The van der Waals surface area contributed by atoms with Gasteiger partial charge in [0.1, 0.15) is 23.9 Å². The van der Waals surface area contributed by atoms with Gasteiger partial charge < -0.3 is 18.9 Å². The van der Waals surface area contributed by atoms with Crippen molar-refractivity contribution in [2.45, 2.75) is 71.2 Å². The minimum Gasteiger partial charge on any atom is -0.489 e. The van der Waals surface area contributed by atoms with E-state index in [-0.39, 0.29) is 40.8 Å². The molecule has 4 rings (SSSR count). The molecule has 1 aromatic heterocycles. The number of esters is 1. The maximum absolute atomic E-state index is 14.3. The lowest BCUT2D eigenvalue weighted by molar-refractivity contribution is -0.274. The van der Waals surface area contributed by atoms with E-state index in [2.05, 4.69) is 9.72 Å². The van der Waals surface area contributed by atoms with Crippen molar-refractivity contribution in [3.8, 4) is 28.5 Å². The highest BCUT2D eigenvalue weighted by atomic mass is 19.4. The Hall–Kier alpha value is -3.96. The van der Waals surface area contributed by atoms with Crippen LogP contribution < -0.4 is 14.2 Å². The minimum atomic E-state index is -4.89. The third-order valence-corrected chi connectivity index (χ3v) is 6.47. The Morgan fingerprint density at radius 1 is 0.929 bits per heavy atom. The smallest absolute Gasteiger partial charge is 0.489 e. The molecular formula is C30H29F6NO5. The van der Waals surface area contributed by atoms with E-state index in [0.29, 0.717) is 24.2 Å². The van der Waals surface area contributed by atoms with E-state index in [0.717, 1.165) is 18.2 Å². The van der Waals surface area contributed by atoms with Gasteiger partial charge in [0, 0.05) is 17.0 Å². The maximum Gasteiger partial charge on any atom is 0.573 e. The zero-order chi connectivity index (χ0) is 30.9. The maximum atomic E-state index is 14.3. The Labute approximate surface area is 238 Å². The molecule has 0 spiro atoms. The third-order valence-electron chi connectivity index (χ3n) is 6.47. The molecule has 1 aliphatic carbocycles. The molecule has 3 aromatic rings. The number of carbonyl (C=O) groups excluding carboxylic acids is 1. The molecule has 0 bridgehead atoms. The summed E-state index contributed by atoms with van der Waals surface area (Å²) in [5.41, 5.74) is -1.28. The molecule has 0 saturated heterocycles. The standard InChI is InChI=1S/C30H29F6NO5/c1-5-39-27(38)28(3,4)42-25-13-12-21(14-17(25)2)40-16-22-23(29(31,32)33)15-24(37-26(22)19-6-7-19)18-8-10-20(11-9-18)41-30(34,35)36/h8-15,19H,5-7,16H2,1-4H3. The molecular weight excluding hydrogens is 568 g/mol. The summed E-state index contributed by atoms with van der Waals surface area (Å²) in [7, 11) is 0. The van der Waals surface area contributed by atoms with Crippen molar-refractivity contribution < 1.29 is 50.1 Å². The summed E-state index contributed by atoms with van der Waals surface area (Å²) in [4.78, 5) is 16.7. The van der Waals surface area contributed by atoms with Crippen LogP contribution in [-0.2, 0) is 22.3 Å². The Morgan fingerprint density at radius 3 is 2.12 bits per heavy atom. The van der Waals surface area contributed by atoms with E-state index in [4.69, 9.17) is 14.2 Å². The van der Waals surface area contributed by atoms with Gasteiger partial charge in [-0.3, -0.25) is 4.98 Å². The van der Waals surface area contributed by atoms with Crippen LogP contribution in [0.3, 0.4) is 0 Å². The second-order valence-electron chi connectivity index (χ2n) is 10.3. The van der Waals surface area contributed by atoms with Gasteiger partial charge in [-0.15, -0.1) is 13.2 Å². The number of hydrogen-bond acceptors (Lipinski definition) is 6. The molecule has 1 saturated carbocycles. The fraction of sp³-hybridized carbons (Fsp3) is 0.400. The Kier molecular flexibility index (Phi) is 8.65. The van der Waals surface area contributed by atoms with Crippen LogP contribution in [0.25, 0.3) is 11.3 Å². The molecule has 6 nitrogen and oxygen atoms in total. The summed E-state index contributed by atoms with van der Waals surface area (Å²) in [6.07, 6.45) is -8.33. The summed E-state index contributed by atoms with van der Waals surface area (Å²) in [6, 6.07) is 10.1. The number of halogens is 6. The molecule has 0 radical (unpaired) electrons. The molecule has 0 amide bonds. The number of rotatable bonds is 10. The number of nitrogens with zero attached hydrogens (tertiary/aromatic N) is 1. The Bertz CT molecular complexity index is 1430. The first-order chi connectivity index (χ1) is 19.6. The van der Waals surface area contributed by atoms with Crippen molar-refractivity contribution in [3.05, 3.63) is 70.9 Å². The SMILES string of the molecule is CCOC(=O)C(C)(C)Oc1ccc(OCc2c(C(F)(F)F)cc(-c3ccc(OC(F)(F)F)cc3)nc2C2CC2)cc1C. The summed E-state index contributed by atoms with van der Waals surface area (Å²) in [5, 5.41) is 0. The van der Waals surface area contributed by atoms with E-state index in [1.807, 2.05) is 0 Å². The predicted octanol–water partition coefficient (Wildman–Crippen LogP) is 8.15. The zero-order valence-corrected chi connectivity index (χ0v) is 23.3. The second-order valence-corrected chi connectivity index (χ2v) is 10.3. The van der Waals surface area contributed by atoms with Crippen molar-refractivity contribution in [1.29, 1.82) is 0 Å². The fourth-order valence-electron chi connectivity index (χ4n) is 4.27. The first-order valence-corrected chi connectivity index (χ1v) is 13.1. The summed E-state index contributed by atoms with van der Waals surface area (Å²) in [6.45, 7) is 6.30. The molecule has 1 aliphatic rings. The zero-order valence-electron chi connectivity index (χ0n) is 23.3. The number of hydrogen-bond donors (Lipinski definition) is 0. The highest BCUT2D eigenvalue weighted by Gasteiger charge is 2.39. The number of benzene rings is 2. The normalized spacial score (nSPS) is 14.0. The van der Waals surface area contributed by atoms with Crippen LogP contribution >= 0.6 is 0 Å². The van der Waals surface area contributed by atoms with E-state index in [1.165, 1.54) is 18.2 Å². The predicted molar refractivity (Wildman–Crippen MR) is 140 cm³/mol. The fourth-order valence-corrected chi connectivity index (χ4v) is 4.27. The van der Waals surface area contributed by atoms with Gasteiger partial charge in [-0.2, -0.15) is 13.2 Å². The lowest BCUT2D eigenvalue weighted by atomic mass is 9.99. The summed E-state index contributed by atoms with van der Waals surface area (Å²) in [5.74, 6) is -0.565. The lowest BCUT2D eigenvalue weighted by Crippen LogP contribution is -2.39. The number of aryl methyl sites for hydroxylation is 1. The molecule has 0 atom stereocenters. The van der Waals surface area contributed by atoms with Crippen LogP contribution in [0, 0.1) is 6.92 Å². The van der Waals surface area contributed by atoms with Crippen molar-refractivity contribution in [1.82, 2.24) is 4.98 Å². The van der Waals surface area contributed by atoms with E-state index in [1.54, 1.807) is 39.8 Å². The van der Waals surface area contributed by atoms with Crippen LogP contribution in [-0.4, -0.2) is 29.5 Å². The highest BCUT2D eigenvalue weighted by Crippen LogP contribution is 2.45. The van der Waals surface area contributed by atoms with Crippen molar-refractivity contribution in [2.75, 3.05) is 6.61 Å². The van der Waals surface area contributed by atoms with Gasteiger partial charge in [-0.1, -0.05) is 0 Å². The van der Waals surface area contributed by atoms with Gasteiger partial charge in [-0.05, 0) is 94.6 Å². The van der Waals surface area contributed by atoms with E-state index < -0.39 is 42.0 Å². The number of carbonyl (C=O) groups is 1. The van der Waals surface area contributed by atoms with Gasteiger partial charge >= 0.3 is 18.5 Å². The van der Waals surface area contributed by atoms with Crippen LogP contribution in [0.15, 0.2) is 48.5 Å². The number of pyridine rings is 1. The summed E-state index contributed by atoms with van der Waals surface area (Å²) >= 11 is 0. The first kappa shape index (κ1) is 31.0. The van der Waals surface area contributed by atoms with Crippen LogP contribution in [0.2, 0.25) is 0 Å². The number of ether oxygens (including phenoxy) is 4. The highest BCUT2D eigenvalue weighted by molar-refractivity contribution is 5.79. The lowest BCUT2D eigenvalue weighted by Gasteiger charge is -2.25. The van der Waals surface area contributed by atoms with Crippen molar-refractivity contribution >= 4 is 5.97 Å². The topological polar surface area (TPSA) is 66.9 Å². The number of aromatic nitrogens is 1. The largest absolute Gasteiger partial charge is 0.573 e. The van der Waals surface area contributed by atoms with Gasteiger partial charge in [0.25, 0.3) is 0 Å². The molecule has 1 heterocycles. The van der Waals surface area contributed by atoms with E-state index >= 15 is 0 Å². The average molecular weight is 598 g/mol. The Balaban J connectivity index is 1.60. The Morgan fingerprint density at radius 2 is 1.57 bits per heavy atom. The van der Waals surface area contributed by atoms with E-state index in [9.17, 15) is 31.1 Å². The molecule has 2 aromatic carbocycles. The van der Waals surface area contributed by atoms with Crippen LogP contribution in [0.5, 0.6) is 17.2 Å². The third kappa shape index (κ3) is 7.65. The van der Waals surface area contributed by atoms with Crippen LogP contribution in [0.1, 0.15) is 61.9 Å². The molecule has 1 fully saturated rings. The van der Waals surface area contributed by atoms with Gasteiger partial charge in [0.15, 0.2) is 5.60 Å². The molecule has 0 N–H and O–H groups in total. The summed E-state index contributed by atoms with van der Waals surface area (Å²) < 4.78 is 101. The molecule has 12 heteroatoms. The second kappa shape index (κ2) is 11.7. The molecule has 226 valence electrons. The monoisotopic (exact) mass is 597 g/mol. The molecule has 0 aliphatic heterocycles. The average Bonchev–Trinajstić information content (AvgIpc) is 3.73. The quantitative estimate of drug-likeness (QED) is 0.174. The van der Waals surface area contributed by atoms with Crippen LogP contribution in [0.4, 0.5) is 26.3 Å².